The van der Waals surface area contributed by atoms with Gasteiger partial charge >= 0.3 is 0 Å². The van der Waals surface area contributed by atoms with E-state index in [0.29, 0.717) is 6.04 Å². The molecule has 0 bridgehead atoms. The first-order valence-corrected chi connectivity index (χ1v) is 7.25. The molecule has 0 aromatic heterocycles. The molecular weight excluding hydrogens is 212 g/mol. The van der Waals surface area contributed by atoms with E-state index in [2.05, 4.69) is 24.1 Å². The molecule has 0 aromatic rings. The molecule has 3 nitrogen and oxygen atoms in total. The fourth-order valence-electron chi connectivity index (χ4n) is 2.95. The number of hydrogen-bond donors (Lipinski definition) is 2. The highest BCUT2D eigenvalue weighted by atomic mass is 16.3. The van der Waals surface area contributed by atoms with Crippen molar-refractivity contribution in [1.29, 1.82) is 0 Å². The molecule has 100 valence electrons. The Morgan fingerprint density at radius 2 is 2.06 bits per heavy atom. The summed E-state index contributed by atoms with van der Waals surface area (Å²) in [7, 11) is 0. The normalized spacial score (nSPS) is 31.1. The number of nitrogens with zero attached hydrogens (tertiary/aromatic N) is 1. The molecular formula is C14H28N2O. The minimum atomic E-state index is 0.255. The van der Waals surface area contributed by atoms with E-state index in [1.807, 2.05) is 0 Å². The molecule has 2 aliphatic rings. The van der Waals surface area contributed by atoms with Crippen LogP contribution in [0.3, 0.4) is 0 Å². The maximum Gasteiger partial charge on any atom is 0.0556 e. The third-order valence-corrected chi connectivity index (χ3v) is 4.26. The van der Waals surface area contributed by atoms with E-state index in [1.165, 1.54) is 38.9 Å². The monoisotopic (exact) mass is 240 g/mol. The van der Waals surface area contributed by atoms with E-state index in [4.69, 9.17) is 5.11 Å². The molecule has 0 spiro atoms. The molecule has 17 heavy (non-hydrogen) atoms. The first kappa shape index (κ1) is 13.3. The van der Waals surface area contributed by atoms with Crippen molar-refractivity contribution >= 4 is 0 Å². The zero-order valence-corrected chi connectivity index (χ0v) is 11.4. The molecule has 2 atom stereocenters. The number of piperidine rings is 1. The predicted molar refractivity (Wildman–Crippen MR) is 71.0 cm³/mol. The lowest BCUT2D eigenvalue weighted by Gasteiger charge is -2.40. The van der Waals surface area contributed by atoms with Crippen molar-refractivity contribution in [3.8, 4) is 0 Å². The molecule has 2 rings (SSSR count). The zero-order valence-electron chi connectivity index (χ0n) is 11.4. The van der Waals surface area contributed by atoms with Gasteiger partial charge in [0.1, 0.15) is 0 Å². The number of hydrogen-bond acceptors (Lipinski definition) is 3. The SMILES string of the molecule is CC(C)C1CC(NCCO)CN(CC2CC2)C1. The summed E-state index contributed by atoms with van der Waals surface area (Å²) in [5, 5.41) is 12.4. The summed E-state index contributed by atoms with van der Waals surface area (Å²) in [6, 6.07) is 0.585. The molecule has 1 aliphatic carbocycles. The van der Waals surface area contributed by atoms with Gasteiger partial charge in [-0.3, -0.25) is 0 Å². The van der Waals surface area contributed by atoms with Gasteiger partial charge < -0.3 is 15.3 Å². The van der Waals surface area contributed by atoms with Crippen molar-refractivity contribution < 1.29 is 5.11 Å². The second kappa shape index (κ2) is 6.17. The molecule has 1 heterocycles. The third kappa shape index (κ3) is 4.23. The highest BCUT2D eigenvalue weighted by molar-refractivity contribution is 4.87. The van der Waals surface area contributed by atoms with Crippen molar-refractivity contribution in [3.05, 3.63) is 0 Å². The first-order valence-electron chi connectivity index (χ1n) is 7.25. The average Bonchev–Trinajstić information content (AvgIpc) is 3.10. The van der Waals surface area contributed by atoms with Crippen LogP contribution in [0, 0.1) is 17.8 Å². The maximum absolute atomic E-state index is 8.92. The van der Waals surface area contributed by atoms with Gasteiger partial charge in [0, 0.05) is 32.2 Å². The van der Waals surface area contributed by atoms with Crippen LogP contribution in [0.25, 0.3) is 0 Å². The standard InChI is InChI=1S/C14H28N2O/c1-11(2)13-7-14(15-5-6-17)10-16(9-13)8-12-3-4-12/h11-15,17H,3-10H2,1-2H3. The number of aliphatic hydroxyl groups is 1. The lowest BCUT2D eigenvalue weighted by Crippen LogP contribution is -2.51. The lowest BCUT2D eigenvalue weighted by molar-refractivity contribution is 0.109. The van der Waals surface area contributed by atoms with Crippen LogP contribution < -0.4 is 5.32 Å². The molecule has 0 radical (unpaired) electrons. The number of rotatable bonds is 6. The zero-order chi connectivity index (χ0) is 12.3. The molecule has 2 N–H and O–H groups in total. The Bertz CT molecular complexity index is 228. The first-order chi connectivity index (χ1) is 8.19. The van der Waals surface area contributed by atoms with Crippen molar-refractivity contribution in [3.63, 3.8) is 0 Å². The van der Waals surface area contributed by atoms with E-state index < -0.39 is 0 Å². The quantitative estimate of drug-likeness (QED) is 0.735. The molecule has 3 heteroatoms. The Morgan fingerprint density at radius 3 is 2.65 bits per heavy atom. The van der Waals surface area contributed by atoms with Crippen LogP contribution in [-0.4, -0.2) is 48.8 Å². The molecule has 2 fully saturated rings. The summed E-state index contributed by atoms with van der Waals surface area (Å²) < 4.78 is 0. The van der Waals surface area contributed by atoms with E-state index in [9.17, 15) is 0 Å². The fourth-order valence-corrected chi connectivity index (χ4v) is 2.95. The Balaban J connectivity index is 1.84. The van der Waals surface area contributed by atoms with Crippen LogP contribution in [0.2, 0.25) is 0 Å². The van der Waals surface area contributed by atoms with Crippen molar-refractivity contribution in [2.45, 2.75) is 39.2 Å². The minimum absolute atomic E-state index is 0.255. The van der Waals surface area contributed by atoms with Gasteiger partial charge in [-0.05, 0) is 37.0 Å². The minimum Gasteiger partial charge on any atom is -0.395 e. The predicted octanol–water partition coefficient (Wildman–Crippen LogP) is 1.32. The summed E-state index contributed by atoms with van der Waals surface area (Å²) in [6.45, 7) is 9.45. The van der Waals surface area contributed by atoms with Gasteiger partial charge in [-0.2, -0.15) is 0 Å². The molecule has 1 saturated heterocycles. The van der Waals surface area contributed by atoms with Gasteiger partial charge in [0.2, 0.25) is 0 Å². The van der Waals surface area contributed by atoms with Crippen LogP contribution in [-0.2, 0) is 0 Å². The highest BCUT2D eigenvalue weighted by Gasteiger charge is 2.32. The fraction of sp³-hybridized carbons (Fsp3) is 1.00. The van der Waals surface area contributed by atoms with Crippen molar-refractivity contribution in [1.82, 2.24) is 10.2 Å². The smallest absolute Gasteiger partial charge is 0.0556 e. The van der Waals surface area contributed by atoms with Crippen LogP contribution >= 0.6 is 0 Å². The van der Waals surface area contributed by atoms with Gasteiger partial charge in [-0.15, -0.1) is 0 Å². The van der Waals surface area contributed by atoms with Gasteiger partial charge in [-0.25, -0.2) is 0 Å². The Hall–Kier alpha value is -0.120. The highest BCUT2D eigenvalue weighted by Crippen LogP contribution is 2.32. The lowest BCUT2D eigenvalue weighted by atomic mass is 9.85. The van der Waals surface area contributed by atoms with Crippen molar-refractivity contribution in [2.24, 2.45) is 17.8 Å². The number of likely N-dealkylation sites (tertiary alicyclic amines) is 1. The topological polar surface area (TPSA) is 35.5 Å². The van der Waals surface area contributed by atoms with E-state index in [-0.39, 0.29) is 6.61 Å². The van der Waals surface area contributed by atoms with Crippen LogP contribution in [0.5, 0.6) is 0 Å². The summed E-state index contributed by atoms with van der Waals surface area (Å²) in [4.78, 5) is 2.65. The van der Waals surface area contributed by atoms with Crippen molar-refractivity contribution in [2.75, 3.05) is 32.8 Å². The van der Waals surface area contributed by atoms with Gasteiger partial charge in [-0.1, -0.05) is 13.8 Å². The molecule has 0 aromatic carbocycles. The maximum atomic E-state index is 8.92. The Labute approximate surface area is 106 Å². The van der Waals surface area contributed by atoms with Crippen LogP contribution in [0.4, 0.5) is 0 Å². The second-order valence-electron chi connectivity index (χ2n) is 6.28. The number of nitrogens with one attached hydrogen (secondary N) is 1. The second-order valence-corrected chi connectivity index (χ2v) is 6.28. The Kier molecular flexibility index (Phi) is 4.83. The van der Waals surface area contributed by atoms with Gasteiger partial charge in [0.05, 0.1) is 6.61 Å². The molecule has 2 unspecified atom stereocenters. The molecule has 1 aliphatic heterocycles. The van der Waals surface area contributed by atoms with E-state index in [0.717, 1.165) is 24.3 Å². The summed E-state index contributed by atoms with van der Waals surface area (Å²) in [5.41, 5.74) is 0. The molecule has 1 saturated carbocycles. The summed E-state index contributed by atoms with van der Waals surface area (Å²) in [5.74, 6) is 2.58. The van der Waals surface area contributed by atoms with Crippen LogP contribution in [0.1, 0.15) is 33.1 Å². The molecule has 0 amide bonds. The van der Waals surface area contributed by atoms with Gasteiger partial charge in [0.15, 0.2) is 0 Å². The third-order valence-electron chi connectivity index (χ3n) is 4.26. The number of aliphatic hydroxyl groups excluding tert-OH is 1. The van der Waals surface area contributed by atoms with Crippen LogP contribution in [0.15, 0.2) is 0 Å². The Morgan fingerprint density at radius 1 is 1.29 bits per heavy atom. The van der Waals surface area contributed by atoms with E-state index in [1.54, 1.807) is 0 Å². The van der Waals surface area contributed by atoms with Gasteiger partial charge in [0.25, 0.3) is 0 Å². The summed E-state index contributed by atoms with van der Waals surface area (Å²) >= 11 is 0. The summed E-state index contributed by atoms with van der Waals surface area (Å²) in [6.07, 6.45) is 4.16. The average molecular weight is 240 g/mol. The largest absolute Gasteiger partial charge is 0.395 e. The van der Waals surface area contributed by atoms with E-state index >= 15 is 0 Å².